The predicted octanol–water partition coefficient (Wildman–Crippen LogP) is -0.150. The lowest BCUT2D eigenvalue weighted by Crippen LogP contribution is -2.27. The van der Waals surface area contributed by atoms with E-state index in [4.69, 9.17) is 16.2 Å². The molecule has 0 saturated carbocycles. The van der Waals surface area contributed by atoms with Gasteiger partial charge in [0.2, 0.25) is 0 Å². The number of hydrogen-bond donors (Lipinski definition) is 3. The summed E-state index contributed by atoms with van der Waals surface area (Å²) < 4.78 is 5.15. The second-order valence-corrected chi connectivity index (χ2v) is 3.56. The molecule has 0 atom stereocenters. The van der Waals surface area contributed by atoms with Gasteiger partial charge in [-0.2, -0.15) is 0 Å². The van der Waals surface area contributed by atoms with Gasteiger partial charge in [0, 0.05) is 25.2 Å². The third-order valence-corrected chi connectivity index (χ3v) is 2.25. The van der Waals surface area contributed by atoms with Crippen LogP contribution in [0.4, 0.5) is 0 Å². The van der Waals surface area contributed by atoms with Gasteiger partial charge < -0.3 is 21.5 Å². The summed E-state index contributed by atoms with van der Waals surface area (Å²) in [5.74, 6) is -0.107. The number of carbonyl (C=O) groups is 1. The third kappa shape index (κ3) is 4.95. The van der Waals surface area contributed by atoms with Gasteiger partial charge in [0.25, 0.3) is 5.91 Å². The van der Waals surface area contributed by atoms with Crippen LogP contribution in [0.25, 0.3) is 0 Å². The lowest BCUT2D eigenvalue weighted by molar-refractivity contribution is 0.0920. The molecule has 1 rings (SSSR count). The van der Waals surface area contributed by atoms with Crippen LogP contribution in [0.1, 0.15) is 15.9 Å². The molecule has 0 spiro atoms. The van der Waals surface area contributed by atoms with Gasteiger partial charge in [-0.3, -0.25) is 4.79 Å². The summed E-state index contributed by atoms with van der Waals surface area (Å²) in [5, 5.41) is 2.76. The molecule has 0 aliphatic carbocycles. The third-order valence-electron chi connectivity index (χ3n) is 2.25. The Hall–Kier alpha value is -1.43. The fraction of sp³-hybridized carbons (Fsp3) is 0.417. The highest BCUT2D eigenvalue weighted by molar-refractivity contribution is 5.94. The van der Waals surface area contributed by atoms with E-state index >= 15 is 0 Å². The van der Waals surface area contributed by atoms with Crippen molar-refractivity contribution >= 4 is 5.91 Å². The van der Waals surface area contributed by atoms with Crippen molar-refractivity contribution in [1.29, 1.82) is 0 Å². The predicted molar refractivity (Wildman–Crippen MR) is 66.5 cm³/mol. The van der Waals surface area contributed by atoms with Gasteiger partial charge >= 0.3 is 0 Å². The first-order valence-electron chi connectivity index (χ1n) is 5.63. The summed E-state index contributed by atoms with van der Waals surface area (Å²) >= 11 is 0. The minimum absolute atomic E-state index is 0.107. The Balaban J connectivity index is 2.31. The Kier molecular flexibility index (Phi) is 6.24. The van der Waals surface area contributed by atoms with Gasteiger partial charge in [0.15, 0.2) is 0 Å². The van der Waals surface area contributed by atoms with Gasteiger partial charge in [0.1, 0.15) is 0 Å². The van der Waals surface area contributed by atoms with E-state index in [1.54, 1.807) is 12.1 Å². The van der Waals surface area contributed by atoms with Crippen molar-refractivity contribution in [2.24, 2.45) is 11.5 Å². The number of carbonyl (C=O) groups excluding carboxylic acids is 1. The molecular weight excluding hydrogens is 218 g/mol. The Morgan fingerprint density at radius 2 is 1.88 bits per heavy atom. The molecular formula is C12H19N3O2. The molecule has 0 fully saturated rings. The minimum Gasteiger partial charge on any atom is -0.378 e. The van der Waals surface area contributed by atoms with Gasteiger partial charge in [-0.1, -0.05) is 12.1 Å². The second kappa shape index (κ2) is 7.78. The summed E-state index contributed by atoms with van der Waals surface area (Å²) in [6.45, 7) is 2.45. The monoisotopic (exact) mass is 237 g/mol. The molecule has 0 aliphatic rings. The minimum atomic E-state index is -0.107. The zero-order chi connectivity index (χ0) is 12.5. The van der Waals surface area contributed by atoms with Crippen LogP contribution in [-0.2, 0) is 11.3 Å². The number of nitrogens with one attached hydrogen (secondary N) is 1. The highest BCUT2D eigenvalue weighted by atomic mass is 16.5. The molecule has 1 aromatic rings. The molecule has 0 radical (unpaired) electrons. The van der Waals surface area contributed by atoms with Gasteiger partial charge in [-0.15, -0.1) is 0 Å². The maximum Gasteiger partial charge on any atom is 0.251 e. The molecule has 0 saturated heterocycles. The summed E-state index contributed by atoms with van der Waals surface area (Å²) in [7, 11) is 0. The quantitative estimate of drug-likeness (QED) is 0.575. The lowest BCUT2D eigenvalue weighted by atomic mass is 10.1. The lowest BCUT2D eigenvalue weighted by Gasteiger charge is -2.06. The Bertz CT molecular complexity index is 338. The SMILES string of the molecule is NCCOCCNC(=O)c1ccc(CN)cc1. The first kappa shape index (κ1) is 13.6. The van der Waals surface area contributed by atoms with Crippen molar-refractivity contribution in [3.05, 3.63) is 35.4 Å². The van der Waals surface area contributed by atoms with Crippen molar-refractivity contribution in [2.45, 2.75) is 6.54 Å². The number of hydrogen-bond acceptors (Lipinski definition) is 4. The van der Waals surface area contributed by atoms with Gasteiger partial charge in [-0.25, -0.2) is 0 Å². The smallest absolute Gasteiger partial charge is 0.251 e. The molecule has 1 aromatic carbocycles. The second-order valence-electron chi connectivity index (χ2n) is 3.56. The van der Waals surface area contributed by atoms with Crippen LogP contribution in [0.15, 0.2) is 24.3 Å². The summed E-state index contributed by atoms with van der Waals surface area (Å²) in [6.07, 6.45) is 0. The van der Waals surface area contributed by atoms with Gasteiger partial charge in [-0.05, 0) is 17.7 Å². The zero-order valence-corrected chi connectivity index (χ0v) is 9.82. The summed E-state index contributed by atoms with van der Waals surface area (Å²) in [6, 6.07) is 7.22. The highest BCUT2D eigenvalue weighted by Crippen LogP contribution is 2.03. The molecule has 5 nitrogen and oxygen atoms in total. The Morgan fingerprint density at radius 3 is 2.47 bits per heavy atom. The van der Waals surface area contributed by atoms with E-state index in [-0.39, 0.29) is 5.91 Å². The van der Waals surface area contributed by atoms with E-state index < -0.39 is 0 Å². The molecule has 5 heteroatoms. The molecule has 1 amide bonds. The summed E-state index contributed by atoms with van der Waals surface area (Å²) in [5.41, 5.74) is 12.4. The van der Waals surface area contributed by atoms with E-state index in [0.29, 0.717) is 38.4 Å². The first-order valence-corrected chi connectivity index (χ1v) is 5.63. The van der Waals surface area contributed by atoms with Crippen LogP contribution in [-0.4, -0.2) is 32.2 Å². The van der Waals surface area contributed by atoms with Crippen molar-refractivity contribution < 1.29 is 9.53 Å². The normalized spacial score (nSPS) is 10.2. The summed E-state index contributed by atoms with van der Waals surface area (Å²) in [4.78, 5) is 11.7. The number of nitrogens with two attached hydrogens (primary N) is 2. The molecule has 5 N–H and O–H groups in total. The van der Waals surface area contributed by atoms with E-state index in [1.165, 1.54) is 0 Å². The molecule has 0 aliphatic heterocycles. The number of amides is 1. The Morgan fingerprint density at radius 1 is 1.18 bits per heavy atom. The fourth-order valence-electron chi connectivity index (χ4n) is 1.32. The van der Waals surface area contributed by atoms with E-state index in [1.807, 2.05) is 12.1 Å². The fourth-order valence-corrected chi connectivity index (χ4v) is 1.32. The van der Waals surface area contributed by atoms with Crippen molar-refractivity contribution in [2.75, 3.05) is 26.3 Å². The van der Waals surface area contributed by atoms with Crippen LogP contribution >= 0.6 is 0 Å². The maximum atomic E-state index is 11.7. The van der Waals surface area contributed by atoms with Crippen LogP contribution in [0.2, 0.25) is 0 Å². The first-order chi connectivity index (χ1) is 8.27. The largest absolute Gasteiger partial charge is 0.378 e. The number of ether oxygens (including phenoxy) is 1. The average Bonchev–Trinajstić information content (AvgIpc) is 2.38. The average molecular weight is 237 g/mol. The van der Waals surface area contributed by atoms with Crippen LogP contribution in [0, 0.1) is 0 Å². The van der Waals surface area contributed by atoms with Crippen molar-refractivity contribution in [1.82, 2.24) is 5.32 Å². The molecule has 17 heavy (non-hydrogen) atoms. The molecule has 0 bridgehead atoms. The molecule has 0 heterocycles. The topological polar surface area (TPSA) is 90.4 Å². The zero-order valence-electron chi connectivity index (χ0n) is 9.82. The van der Waals surface area contributed by atoms with E-state index in [2.05, 4.69) is 5.32 Å². The molecule has 94 valence electrons. The molecule has 0 aromatic heterocycles. The van der Waals surface area contributed by atoms with Crippen LogP contribution in [0.3, 0.4) is 0 Å². The Labute approximate surface area is 101 Å². The standard InChI is InChI=1S/C12H19N3O2/c13-5-7-17-8-6-15-12(16)11-3-1-10(9-14)2-4-11/h1-4H,5-9,13-14H2,(H,15,16). The number of benzene rings is 1. The molecule has 0 unspecified atom stereocenters. The van der Waals surface area contributed by atoms with Crippen molar-refractivity contribution in [3.63, 3.8) is 0 Å². The van der Waals surface area contributed by atoms with E-state index in [0.717, 1.165) is 5.56 Å². The van der Waals surface area contributed by atoms with Crippen molar-refractivity contribution in [3.8, 4) is 0 Å². The van der Waals surface area contributed by atoms with E-state index in [9.17, 15) is 4.79 Å². The van der Waals surface area contributed by atoms with Crippen LogP contribution in [0.5, 0.6) is 0 Å². The maximum absolute atomic E-state index is 11.7. The number of rotatable bonds is 7. The highest BCUT2D eigenvalue weighted by Gasteiger charge is 2.03. The van der Waals surface area contributed by atoms with Gasteiger partial charge in [0.05, 0.1) is 13.2 Å². The van der Waals surface area contributed by atoms with Crippen LogP contribution < -0.4 is 16.8 Å².